The predicted octanol–water partition coefficient (Wildman–Crippen LogP) is 5.03. The molecule has 0 bridgehead atoms. The van der Waals surface area contributed by atoms with Gasteiger partial charge in [0.25, 0.3) is 5.91 Å². The van der Waals surface area contributed by atoms with Crippen molar-refractivity contribution in [3.8, 4) is 11.3 Å². The number of halogens is 2. The maximum atomic E-state index is 13.4. The van der Waals surface area contributed by atoms with E-state index >= 15 is 0 Å². The lowest BCUT2D eigenvalue weighted by Gasteiger charge is -2.26. The van der Waals surface area contributed by atoms with Crippen LogP contribution in [0, 0.1) is 5.82 Å². The van der Waals surface area contributed by atoms with E-state index in [1.54, 1.807) is 17.5 Å². The third-order valence-electron chi connectivity index (χ3n) is 4.98. The fourth-order valence-corrected chi connectivity index (χ4v) is 5.83. The van der Waals surface area contributed by atoms with Crippen LogP contribution in [-0.4, -0.2) is 36.7 Å². The lowest BCUT2D eigenvalue weighted by molar-refractivity contribution is 0.102. The van der Waals surface area contributed by atoms with Gasteiger partial charge >= 0.3 is 0 Å². The number of rotatable bonds is 5. The van der Waals surface area contributed by atoms with E-state index in [0.29, 0.717) is 29.5 Å². The van der Waals surface area contributed by atoms with Crippen molar-refractivity contribution in [1.29, 1.82) is 0 Å². The Bertz CT molecular complexity index is 1220. The minimum Gasteiger partial charge on any atom is -0.298 e. The molecule has 3 aromatic rings. The van der Waals surface area contributed by atoms with Gasteiger partial charge in [-0.2, -0.15) is 4.31 Å². The zero-order valence-electron chi connectivity index (χ0n) is 16.3. The molecule has 4 rings (SSSR count). The van der Waals surface area contributed by atoms with Gasteiger partial charge in [0.2, 0.25) is 10.0 Å². The molecule has 1 aliphatic rings. The molecule has 0 aliphatic carbocycles. The van der Waals surface area contributed by atoms with Gasteiger partial charge in [0.15, 0.2) is 5.13 Å². The standard InChI is InChI=1S/C21H19ClFN3O3S2/c22-18-8-7-16(31(28,29)26-9-2-1-3-10-26)12-17(18)20(27)25-21-24-19(13-30-21)14-5-4-6-15(23)11-14/h4-8,11-13H,1-3,9-10H2,(H,24,25,27). The van der Waals surface area contributed by atoms with Crippen LogP contribution in [0.3, 0.4) is 0 Å². The lowest BCUT2D eigenvalue weighted by Crippen LogP contribution is -2.35. The average Bonchev–Trinajstić information content (AvgIpc) is 3.23. The fourth-order valence-electron chi connectivity index (χ4n) is 3.37. The molecule has 0 radical (unpaired) electrons. The second-order valence-corrected chi connectivity index (χ2v) is 10.3. The molecule has 2 heterocycles. The monoisotopic (exact) mass is 479 g/mol. The van der Waals surface area contributed by atoms with Gasteiger partial charge in [0.05, 0.1) is 21.2 Å². The van der Waals surface area contributed by atoms with Crippen LogP contribution in [0.5, 0.6) is 0 Å². The number of nitrogens with one attached hydrogen (secondary N) is 1. The normalized spacial score (nSPS) is 15.0. The largest absolute Gasteiger partial charge is 0.298 e. The summed E-state index contributed by atoms with van der Waals surface area (Å²) in [6.45, 7) is 0.933. The third-order valence-corrected chi connectivity index (χ3v) is 7.96. The molecule has 1 amide bonds. The fraction of sp³-hybridized carbons (Fsp3) is 0.238. The molecule has 1 aliphatic heterocycles. The average molecular weight is 480 g/mol. The minimum absolute atomic E-state index is 0.0311. The van der Waals surface area contributed by atoms with E-state index < -0.39 is 15.9 Å². The van der Waals surface area contributed by atoms with Gasteiger partial charge in [-0.1, -0.05) is 30.2 Å². The summed E-state index contributed by atoms with van der Waals surface area (Å²) < 4.78 is 40.7. The summed E-state index contributed by atoms with van der Waals surface area (Å²) in [5.41, 5.74) is 1.15. The topological polar surface area (TPSA) is 79.4 Å². The zero-order chi connectivity index (χ0) is 22.0. The number of amides is 1. The van der Waals surface area contributed by atoms with Gasteiger partial charge in [-0.25, -0.2) is 17.8 Å². The number of thiazole rings is 1. The van der Waals surface area contributed by atoms with Gasteiger partial charge in [-0.3, -0.25) is 10.1 Å². The van der Waals surface area contributed by atoms with E-state index in [0.717, 1.165) is 19.3 Å². The summed E-state index contributed by atoms with van der Waals surface area (Å²) >= 11 is 7.36. The molecular weight excluding hydrogens is 461 g/mol. The third kappa shape index (κ3) is 4.79. The number of aromatic nitrogens is 1. The smallest absolute Gasteiger partial charge is 0.259 e. The van der Waals surface area contributed by atoms with Crippen molar-refractivity contribution in [1.82, 2.24) is 9.29 Å². The number of hydrogen-bond acceptors (Lipinski definition) is 5. The van der Waals surface area contributed by atoms with Crippen molar-refractivity contribution in [2.75, 3.05) is 18.4 Å². The maximum absolute atomic E-state index is 13.4. The highest BCUT2D eigenvalue weighted by Gasteiger charge is 2.27. The van der Waals surface area contributed by atoms with E-state index in [-0.39, 0.29) is 21.3 Å². The van der Waals surface area contributed by atoms with Gasteiger partial charge < -0.3 is 0 Å². The van der Waals surface area contributed by atoms with Crippen molar-refractivity contribution in [2.24, 2.45) is 0 Å². The first kappa shape index (κ1) is 21.9. The molecule has 1 aromatic heterocycles. The Kier molecular flexibility index (Phi) is 6.38. The Labute approximate surface area is 188 Å². The van der Waals surface area contributed by atoms with Crippen molar-refractivity contribution >= 4 is 44.0 Å². The highest BCUT2D eigenvalue weighted by molar-refractivity contribution is 7.89. The maximum Gasteiger partial charge on any atom is 0.259 e. The van der Waals surface area contributed by atoms with Crippen molar-refractivity contribution < 1.29 is 17.6 Å². The van der Waals surface area contributed by atoms with Crippen LogP contribution in [0.1, 0.15) is 29.6 Å². The zero-order valence-corrected chi connectivity index (χ0v) is 18.7. The SMILES string of the molecule is O=C(Nc1nc(-c2cccc(F)c2)cs1)c1cc(S(=O)(=O)N2CCCCC2)ccc1Cl. The molecule has 0 unspecified atom stereocenters. The molecule has 1 N–H and O–H groups in total. The first-order chi connectivity index (χ1) is 14.8. The lowest BCUT2D eigenvalue weighted by atomic mass is 10.2. The van der Waals surface area contributed by atoms with Gasteiger partial charge in [-0.05, 0) is 43.2 Å². The van der Waals surface area contributed by atoms with Crippen LogP contribution in [0.15, 0.2) is 52.7 Å². The molecule has 2 aromatic carbocycles. The van der Waals surface area contributed by atoms with Crippen LogP contribution in [0.2, 0.25) is 5.02 Å². The molecule has 6 nitrogen and oxygen atoms in total. The number of carbonyl (C=O) groups is 1. The molecule has 10 heteroatoms. The highest BCUT2D eigenvalue weighted by atomic mass is 35.5. The van der Waals surface area contributed by atoms with Gasteiger partial charge in [0.1, 0.15) is 5.82 Å². The second kappa shape index (κ2) is 9.04. The highest BCUT2D eigenvalue weighted by Crippen LogP contribution is 2.28. The van der Waals surface area contributed by atoms with E-state index in [2.05, 4.69) is 10.3 Å². The Balaban J connectivity index is 1.56. The number of anilines is 1. The summed E-state index contributed by atoms with van der Waals surface area (Å²) in [4.78, 5) is 17.1. The Hall–Kier alpha value is -2.33. The Morgan fingerprint density at radius 2 is 1.90 bits per heavy atom. The molecule has 0 spiro atoms. The van der Waals surface area contributed by atoms with E-state index in [4.69, 9.17) is 11.6 Å². The second-order valence-electron chi connectivity index (χ2n) is 7.11. The first-order valence-corrected chi connectivity index (χ1v) is 12.4. The number of piperidine rings is 1. The number of nitrogens with zero attached hydrogens (tertiary/aromatic N) is 2. The summed E-state index contributed by atoms with van der Waals surface area (Å²) in [6.07, 6.45) is 2.64. The van der Waals surface area contributed by atoms with Crippen molar-refractivity contribution in [3.05, 3.63) is 64.2 Å². The number of benzene rings is 2. The molecule has 1 fully saturated rings. The summed E-state index contributed by atoms with van der Waals surface area (Å²) in [7, 11) is -3.70. The summed E-state index contributed by atoms with van der Waals surface area (Å²) in [6, 6.07) is 10.1. The summed E-state index contributed by atoms with van der Waals surface area (Å²) in [5, 5.41) is 4.77. The molecular formula is C21H19ClFN3O3S2. The predicted molar refractivity (Wildman–Crippen MR) is 120 cm³/mol. The molecule has 0 atom stereocenters. The minimum atomic E-state index is -3.70. The van der Waals surface area contributed by atoms with E-state index in [9.17, 15) is 17.6 Å². The Morgan fingerprint density at radius 3 is 2.65 bits per heavy atom. The number of sulfonamides is 1. The van der Waals surface area contributed by atoms with Crippen molar-refractivity contribution in [2.45, 2.75) is 24.2 Å². The molecule has 31 heavy (non-hydrogen) atoms. The molecule has 162 valence electrons. The Morgan fingerprint density at radius 1 is 1.13 bits per heavy atom. The van der Waals surface area contributed by atoms with Crippen LogP contribution in [-0.2, 0) is 10.0 Å². The molecule has 0 saturated carbocycles. The first-order valence-electron chi connectivity index (χ1n) is 9.67. The summed E-state index contributed by atoms with van der Waals surface area (Å²) in [5.74, 6) is -0.949. The van der Waals surface area contributed by atoms with Crippen LogP contribution < -0.4 is 5.32 Å². The number of carbonyl (C=O) groups excluding carboxylic acids is 1. The van der Waals surface area contributed by atoms with Crippen LogP contribution >= 0.6 is 22.9 Å². The quantitative estimate of drug-likeness (QED) is 0.556. The molecule has 1 saturated heterocycles. The van der Waals surface area contributed by atoms with Gasteiger partial charge in [-0.15, -0.1) is 11.3 Å². The van der Waals surface area contributed by atoms with E-state index in [1.807, 2.05) is 0 Å². The van der Waals surface area contributed by atoms with Gasteiger partial charge in [0, 0.05) is 24.0 Å². The van der Waals surface area contributed by atoms with E-state index in [1.165, 1.54) is 46.0 Å². The van der Waals surface area contributed by atoms with Crippen molar-refractivity contribution in [3.63, 3.8) is 0 Å². The van der Waals surface area contributed by atoms with Crippen LogP contribution in [0.4, 0.5) is 9.52 Å². The number of hydrogen-bond donors (Lipinski definition) is 1. The van der Waals surface area contributed by atoms with Crippen LogP contribution in [0.25, 0.3) is 11.3 Å².